The summed E-state index contributed by atoms with van der Waals surface area (Å²) >= 11 is 0. The maximum atomic E-state index is 13.3. The van der Waals surface area contributed by atoms with Gasteiger partial charge in [-0.25, -0.2) is 13.4 Å². The van der Waals surface area contributed by atoms with Crippen LogP contribution >= 0.6 is 0 Å². The Morgan fingerprint density at radius 2 is 2.06 bits per heavy atom. The van der Waals surface area contributed by atoms with Crippen molar-refractivity contribution >= 4 is 15.7 Å². The van der Waals surface area contributed by atoms with Crippen molar-refractivity contribution < 1.29 is 35.5 Å². The third-order valence-corrected chi connectivity index (χ3v) is 6.74. The molecule has 2 atom stereocenters. The Kier molecular flexibility index (Phi) is 4.87. The molecule has 11 heteroatoms. The SMILES string of the molecule is CC(C)Oc1ccc(S(C)(=O)=O)cc1C(=O)N1CC2CC2(c2nc(C(F)(F)F)co2)C1. The Morgan fingerprint density at radius 3 is 2.65 bits per heavy atom. The number of carbonyl (C=O) groups is 1. The molecule has 1 aromatic heterocycles. The summed E-state index contributed by atoms with van der Waals surface area (Å²) in [6.07, 6.45) is -2.64. The molecular weight excluding hydrogens is 437 g/mol. The van der Waals surface area contributed by atoms with Crippen molar-refractivity contribution in [3.8, 4) is 5.75 Å². The van der Waals surface area contributed by atoms with Crippen LogP contribution < -0.4 is 4.74 Å². The lowest BCUT2D eigenvalue weighted by atomic mass is 10.1. The highest BCUT2D eigenvalue weighted by atomic mass is 32.2. The fourth-order valence-corrected chi connectivity index (χ4v) is 4.68. The molecule has 2 heterocycles. The second-order valence-corrected chi connectivity index (χ2v) is 10.4. The van der Waals surface area contributed by atoms with E-state index in [9.17, 15) is 26.4 Å². The van der Waals surface area contributed by atoms with E-state index in [0.717, 1.165) is 6.26 Å². The third kappa shape index (κ3) is 3.90. The van der Waals surface area contributed by atoms with Crippen LogP contribution in [0.25, 0.3) is 0 Å². The van der Waals surface area contributed by atoms with Gasteiger partial charge >= 0.3 is 6.18 Å². The first-order valence-corrected chi connectivity index (χ1v) is 11.5. The molecule has 7 nitrogen and oxygen atoms in total. The smallest absolute Gasteiger partial charge is 0.436 e. The van der Waals surface area contributed by atoms with E-state index in [-0.39, 0.29) is 40.7 Å². The van der Waals surface area contributed by atoms with E-state index < -0.39 is 33.0 Å². The van der Waals surface area contributed by atoms with Gasteiger partial charge in [0.15, 0.2) is 15.5 Å². The number of hydrogen-bond acceptors (Lipinski definition) is 6. The van der Waals surface area contributed by atoms with Gasteiger partial charge in [-0.05, 0) is 44.4 Å². The first-order valence-electron chi connectivity index (χ1n) is 9.64. The van der Waals surface area contributed by atoms with Gasteiger partial charge < -0.3 is 14.1 Å². The summed E-state index contributed by atoms with van der Waals surface area (Å²) in [5.41, 5.74) is -1.75. The van der Waals surface area contributed by atoms with E-state index in [1.165, 1.54) is 23.1 Å². The first kappa shape index (κ1) is 21.7. The van der Waals surface area contributed by atoms with Gasteiger partial charge in [0, 0.05) is 19.3 Å². The molecule has 4 rings (SSSR count). The van der Waals surface area contributed by atoms with Crippen molar-refractivity contribution in [3.63, 3.8) is 0 Å². The molecule has 1 aliphatic heterocycles. The average Bonchev–Trinajstić information content (AvgIpc) is 3.03. The van der Waals surface area contributed by atoms with Crippen LogP contribution in [0, 0.1) is 5.92 Å². The van der Waals surface area contributed by atoms with Gasteiger partial charge in [-0.15, -0.1) is 0 Å². The number of rotatable bonds is 5. The molecular formula is C20H21F3N2O5S. The van der Waals surface area contributed by atoms with Crippen LogP contribution in [0.1, 0.15) is 42.2 Å². The van der Waals surface area contributed by atoms with Gasteiger partial charge in [0.1, 0.15) is 12.0 Å². The van der Waals surface area contributed by atoms with E-state index in [1.54, 1.807) is 13.8 Å². The van der Waals surface area contributed by atoms with Gasteiger partial charge in [-0.2, -0.15) is 13.2 Å². The number of alkyl halides is 3. The lowest BCUT2D eigenvalue weighted by Crippen LogP contribution is -2.33. The number of likely N-dealkylation sites (tertiary alicyclic amines) is 1. The van der Waals surface area contributed by atoms with E-state index >= 15 is 0 Å². The summed E-state index contributed by atoms with van der Waals surface area (Å²) in [7, 11) is -3.55. The number of carbonyl (C=O) groups excluding carboxylic acids is 1. The number of piperidine rings is 1. The largest absolute Gasteiger partial charge is 0.490 e. The number of aromatic nitrogens is 1. The van der Waals surface area contributed by atoms with Crippen molar-refractivity contribution in [3.05, 3.63) is 41.6 Å². The number of benzene rings is 1. The maximum absolute atomic E-state index is 13.3. The van der Waals surface area contributed by atoms with Crippen molar-refractivity contribution in [1.29, 1.82) is 0 Å². The zero-order valence-corrected chi connectivity index (χ0v) is 17.9. The molecule has 0 N–H and O–H groups in total. The highest BCUT2D eigenvalue weighted by Crippen LogP contribution is 2.59. The second-order valence-electron chi connectivity index (χ2n) is 8.38. The lowest BCUT2D eigenvalue weighted by molar-refractivity contribution is -0.141. The monoisotopic (exact) mass is 458 g/mol. The zero-order chi connectivity index (χ0) is 22.8. The number of hydrogen-bond donors (Lipinski definition) is 0. The Morgan fingerprint density at radius 1 is 1.35 bits per heavy atom. The summed E-state index contributed by atoms with van der Waals surface area (Å²) in [6.45, 7) is 4.00. The molecule has 2 unspecified atom stereocenters. The van der Waals surface area contributed by atoms with Crippen molar-refractivity contribution in [2.45, 2.75) is 42.9 Å². The Labute approximate surface area is 177 Å². The van der Waals surface area contributed by atoms with Gasteiger partial charge in [-0.3, -0.25) is 4.79 Å². The molecule has 1 amide bonds. The third-order valence-electron chi connectivity index (χ3n) is 5.63. The molecule has 2 aliphatic rings. The fourth-order valence-electron chi connectivity index (χ4n) is 4.04. The van der Waals surface area contributed by atoms with E-state index in [4.69, 9.17) is 9.15 Å². The van der Waals surface area contributed by atoms with Gasteiger partial charge in [-0.1, -0.05) is 0 Å². The molecule has 1 aromatic carbocycles. The number of fused-ring (bicyclic) bond motifs is 1. The van der Waals surface area contributed by atoms with Crippen LogP contribution in [0.2, 0.25) is 0 Å². The molecule has 168 valence electrons. The summed E-state index contributed by atoms with van der Waals surface area (Å²) in [5, 5.41) is 0. The minimum Gasteiger partial charge on any atom is -0.490 e. The zero-order valence-electron chi connectivity index (χ0n) is 17.1. The summed E-state index contributed by atoms with van der Waals surface area (Å²) in [4.78, 5) is 18.3. The van der Waals surface area contributed by atoms with Crippen LogP contribution in [0.4, 0.5) is 13.2 Å². The molecule has 2 fully saturated rings. The Hall–Kier alpha value is -2.56. The predicted octanol–water partition coefficient (Wildman–Crippen LogP) is 3.30. The van der Waals surface area contributed by atoms with Crippen LogP contribution in [0.3, 0.4) is 0 Å². The summed E-state index contributed by atoms with van der Waals surface area (Å²) in [5.74, 6) is -0.291. The second kappa shape index (κ2) is 6.98. The molecule has 0 radical (unpaired) electrons. The number of ether oxygens (including phenoxy) is 1. The predicted molar refractivity (Wildman–Crippen MR) is 103 cm³/mol. The maximum Gasteiger partial charge on any atom is 0.436 e. The first-order chi connectivity index (χ1) is 14.3. The summed E-state index contributed by atoms with van der Waals surface area (Å²) < 4.78 is 73.4. The minimum absolute atomic E-state index is 0.0199. The van der Waals surface area contributed by atoms with Gasteiger partial charge in [0.05, 0.1) is 22.0 Å². The number of sulfone groups is 1. The molecule has 0 spiro atoms. The van der Waals surface area contributed by atoms with Crippen LogP contribution in [0.15, 0.2) is 33.8 Å². The Bertz CT molecular complexity index is 1140. The molecule has 2 aromatic rings. The number of oxazole rings is 1. The molecule has 31 heavy (non-hydrogen) atoms. The van der Waals surface area contributed by atoms with E-state index in [2.05, 4.69) is 4.98 Å². The normalized spacial score (nSPS) is 23.2. The number of halogens is 3. The van der Waals surface area contributed by atoms with Crippen molar-refractivity contribution in [2.75, 3.05) is 19.3 Å². The van der Waals surface area contributed by atoms with E-state index in [1.807, 2.05) is 0 Å². The van der Waals surface area contributed by atoms with Crippen LogP contribution in [-0.2, 0) is 21.4 Å². The molecule has 1 saturated carbocycles. The molecule has 1 aliphatic carbocycles. The van der Waals surface area contributed by atoms with Crippen LogP contribution in [-0.4, -0.2) is 49.7 Å². The fraction of sp³-hybridized carbons (Fsp3) is 0.500. The topological polar surface area (TPSA) is 89.7 Å². The average molecular weight is 458 g/mol. The van der Waals surface area contributed by atoms with Crippen molar-refractivity contribution in [2.24, 2.45) is 5.92 Å². The number of amides is 1. The van der Waals surface area contributed by atoms with Crippen LogP contribution in [0.5, 0.6) is 5.75 Å². The highest BCUT2D eigenvalue weighted by molar-refractivity contribution is 7.90. The highest BCUT2D eigenvalue weighted by Gasteiger charge is 2.65. The lowest BCUT2D eigenvalue weighted by Gasteiger charge is -2.22. The number of nitrogens with zero attached hydrogens (tertiary/aromatic N) is 2. The molecule has 1 saturated heterocycles. The quantitative estimate of drug-likeness (QED) is 0.683. The van der Waals surface area contributed by atoms with Gasteiger partial charge in [0.25, 0.3) is 5.91 Å². The minimum atomic E-state index is -4.61. The van der Waals surface area contributed by atoms with E-state index in [0.29, 0.717) is 19.2 Å². The molecule has 0 bridgehead atoms. The standard InChI is InChI=1S/C20H21F3N2O5S/c1-11(2)30-15-5-4-13(31(3,27)28)6-14(15)17(26)25-8-12-7-19(12,10-25)18-24-16(9-29-18)20(21,22)23/h4-6,9,11-12H,7-8,10H2,1-3H3. The van der Waals surface area contributed by atoms with Gasteiger partial charge in [0.2, 0.25) is 5.89 Å². The van der Waals surface area contributed by atoms with Crippen molar-refractivity contribution in [1.82, 2.24) is 9.88 Å². The Balaban J connectivity index is 1.62. The summed E-state index contributed by atoms with van der Waals surface area (Å²) in [6, 6.07) is 4.09.